The number of anilines is 2. The zero-order chi connectivity index (χ0) is 12.4. The van der Waals surface area contributed by atoms with Crippen molar-refractivity contribution in [3.63, 3.8) is 0 Å². The van der Waals surface area contributed by atoms with Crippen LogP contribution in [0.15, 0.2) is 22.6 Å². The molecular weight excluding hydrogens is 220 g/mol. The van der Waals surface area contributed by atoms with E-state index < -0.39 is 0 Å². The first kappa shape index (κ1) is 11.3. The molecule has 0 unspecified atom stereocenters. The molecule has 1 heterocycles. The molecular formula is C11H14N4O2. The maximum atomic E-state index is 11.2. The van der Waals surface area contributed by atoms with Gasteiger partial charge in [0.1, 0.15) is 12.1 Å². The van der Waals surface area contributed by atoms with Crippen LogP contribution < -0.4 is 16.0 Å². The van der Waals surface area contributed by atoms with E-state index in [1.165, 1.54) is 0 Å². The van der Waals surface area contributed by atoms with E-state index in [9.17, 15) is 4.79 Å². The van der Waals surface area contributed by atoms with E-state index in [2.05, 4.69) is 10.3 Å². The number of nitrogens with zero attached hydrogens (tertiary/aromatic N) is 2. The third-order valence-electron chi connectivity index (χ3n) is 2.39. The standard InChI is InChI=1S/C11H14N4O2/c1-13-10(16)6-15(2)11-14-8-4-3-7(12)5-9(8)17-11/h3-5H,6,12H2,1-2H3,(H,13,16). The molecule has 0 saturated carbocycles. The molecule has 2 rings (SSSR count). The van der Waals surface area contributed by atoms with Gasteiger partial charge in [0, 0.05) is 25.8 Å². The number of benzene rings is 1. The Labute approximate surface area is 98.4 Å². The Hall–Kier alpha value is -2.24. The highest BCUT2D eigenvalue weighted by molar-refractivity contribution is 5.82. The van der Waals surface area contributed by atoms with Crippen molar-refractivity contribution in [2.75, 3.05) is 31.3 Å². The van der Waals surface area contributed by atoms with Crippen LogP contribution >= 0.6 is 0 Å². The molecule has 0 aliphatic rings. The Morgan fingerprint density at radius 1 is 1.59 bits per heavy atom. The number of rotatable bonds is 3. The van der Waals surface area contributed by atoms with Crippen LogP contribution in [0.25, 0.3) is 11.1 Å². The number of nitrogens with two attached hydrogens (primary N) is 1. The molecule has 90 valence electrons. The van der Waals surface area contributed by atoms with Gasteiger partial charge < -0.3 is 20.4 Å². The molecule has 0 bridgehead atoms. The van der Waals surface area contributed by atoms with Crippen LogP contribution in [-0.4, -0.2) is 31.5 Å². The molecule has 6 nitrogen and oxygen atoms in total. The van der Waals surface area contributed by atoms with Gasteiger partial charge >= 0.3 is 0 Å². The molecule has 17 heavy (non-hydrogen) atoms. The number of likely N-dealkylation sites (N-methyl/N-ethyl adjacent to an activating group) is 2. The second-order valence-corrected chi connectivity index (χ2v) is 3.75. The van der Waals surface area contributed by atoms with Crippen molar-refractivity contribution in [1.82, 2.24) is 10.3 Å². The Balaban J connectivity index is 2.27. The van der Waals surface area contributed by atoms with Crippen LogP contribution in [0.3, 0.4) is 0 Å². The summed E-state index contributed by atoms with van der Waals surface area (Å²) in [6.45, 7) is 0.193. The molecule has 0 spiro atoms. The maximum Gasteiger partial charge on any atom is 0.298 e. The number of fused-ring (bicyclic) bond motifs is 1. The predicted octanol–water partition coefficient (Wildman–Crippen LogP) is 0.592. The summed E-state index contributed by atoms with van der Waals surface area (Å²) in [7, 11) is 3.33. The summed E-state index contributed by atoms with van der Waals surface area (Å²) in [4.78, 5) is 17.1. The van der Waals surface area contributed by atoms with Crippen molar-refractivity contribution in [3.05, 3.63) is 18.2 Å². The molecule has 2 aromatic rings. The maximum absolute atomic E-state index is 11.2. The molecule has 1 aromatic heterocycles. The van der Waals surface area contributed by atoms with Gasteiger partial charge in [-0.15, -0.1) is 0 Å². The minimum Gasteiger partial charge on any atom is -0.423 e. The Kier molecular flexibility index (Phi) is 2.86. The van der Waals surface area contributed by atoms with Crippen LogP contribution in [0.2, 0.25) is 0 Å². The molecule has 1 amide bonds. The van der Waals surface area contributed by atoms with Crippen molar-refractivity contribution < 1.29 is 9.21 Å². The average molecular weight is 234 g/mol. The van der Waals surface area contributed by atoms with Gasteiger partial charge in [-0.1, -0.05) is 0 Å². The largest absolute Gasteiger partial charge is 0.423 e. The van der Waals surface area contributed by atoms with Gasteiger partial charge in [-0.25, -0.2) is 0 Å². The molecule has 0 fully saturated rings. The number of nitrogen functional groups attached to an aromatic ring is 1. The van der Waals surface area contributed by atoms with Crippen LogP contribution in [0.5, 0.6) is 0 Å². The topological polar surface area (TPSA) is 84.4 Å². The van der Waals surface area contributed by atoms with Crippen molar-refractivity contribution in [1.29, 1.82) is 0 Å². The van der Waals surface area contributed by atoms with Gasteiger partial charge in [0.2, 0.25) is 5.91 Å². The van der Waals surface area contributed by atoms with Gasteiger partial charge in [0.15, 0.2) is 5.58 Å². The normalized spacial score (nSPS) is 10.5. The fourth-order valence-electron chi connectivity index (χ4n) is 1.45. The highest BCUT2D eigenvalue weighted by Gasteiger charge is 2.12. The minimum atomic E-state index is -0.103. The highest BCUT2D eigenvalue weighted by Crippen LogP contribution is 2.22. The van der Waals surface area contributed by atoms with E-state index in [-0.39, 0.29) is 12.5 Å². The van der Waals surface area contributed by atoms with Gasteiger partial charge in [0.05, 0.1) is 0 Å². The fraction of sp³-hybridized carbons (Fsp3) is 0.273. The second-order valence-electron chi connectivity index (χ2n) is 3.75. The van der Waals surface area contributed by atoms with E-state index in [0.29, 0.717) is 17.3 Å². The molecule has 6 heteroatoms. The monoisotopic (exact) mass is 234 g/mol. The quantitative estimate of drug-likeness (QED) is 0.759. The van der Waals surface area contributed by atoms with E-state index >= 15 is 0 Å². The first-order valence-corrected chi connectivity index (χ1v) is 5.18. The zero-order valence-electron chi connectivity index (χ0n) is 9.73. The van der Waals surface area contributed by atoms with Crippen LogP contribution in [-0.2, 0) is 4.79 Å². The van der Waals surface area contributed by atoms with Crippen molar-refractivity contribution >= 4 is 28.7 Å². The van der Waals surface area contributed by atoms with E-state index in [0.717, 1.165) is 5.52 Å². The number of carbonyl (C=O) groups excluding carboxylic acids is 1. The van der Waals surface area contributed by atoms with E-state index in [1.54, 1.807) is 37.2 Å². The van der Waals surface area contributed by atoms with E-state index in [1.807, 2.05) is 0 Å². The number of aromatic nitrogens is 1. The summed E-state index contributed by atoms with van der Waals surface area (Å²) in [6.07, 6.45) is 0. The second kappa shape index (κ2) is 4.32. The van der Waals surface area contributed by atoms with Crippen molar-refractivity contribution in [2.24, 2.45) is 0 Å². The fourth-order valence-corrected chi connectivity index (χ4v) is 1.45. The zero-order valence-corrected chi connectivity index (χ0v) is 9.73. The third kappa shape index (κ3) is 2.30. The van der Waals surface area contributed by atoms with Crippen LogP contribution in [0, 0.1) is 0 Å². The molecule has 3 N–H and O–H groups in total. The van der Waals surface area contributed by atoms with Gasteiger partial charge in [-0.05, 0) is 12.1 Å². The lowest BCUT2D eigenvalue weighted by molar-refractivity contribution is -0.119. The number of oxazole rings is 1. The van der Waals surface area contributed by atoms with Crippen LogP contribution in [0.1, 0.15) is 0 Å². The van der Waals surface area contributed by atoms with Gasteiger partial charge in [-0.3, -0.25) is 4.79 Å². The summed E-state index contributed by atoms with van der Waals surface area (Å²) < 4.78 is 5.51. The molecule has 0 aliphatic carbocycles. The molecule has 0 atom stereocenters. The van der Waals surface area contributed by atoms with Crippen molar-refractivity contribution in [3.8, 4) is 0 Å². The number of hydrogen-bond donors (Lipinski definition) is 2. The molecule has 1 aromatic carbocycles. The number of hydrogen-bond acceptors (Lipinski definition) is 5. The summed E-state index contributed by atoms with van der Waals surface area (Å²) >= 11 is 0. The minimum absolute atomic E-state index is 0.103. The smallest absolute Gasteiger partial charge is 0.298 e. The summed E-state index contributed by atoms with van der Waals surface area (Å²) in [5.74, 6) is -0.103. The SMILES string of the molecule is CNC(=O)CN(C)c1nc2ccc(N)cc2o1. The average Bonchev–Trinajstić information content (AvgIpc) is 2.71. The first-order chi connectivity index (χ1) is 8.10. The van der Waals surface area contributed by atoms with E-state index in [4.69, 9.17) is 10.2 Å². The third-order valence-corrected chi connectivity index (χ3v) is 2.39. The molecule has 0 radical (unpaired) electrons. The number of nitrogens with one attached hydrogen (secondary N) is 1. The molecule has 0 saturated heterocycles. The lowest BCUT2D eigenvalue weighted by Gasteiger charge is -2.12. The summed E-state index contributed by atoms with van der Waals surface area (Å²) in [6, 6.07) is 5.65. The lowest BCUT2D eigenvalue weighted by atomic mass is 10.3. The van der Waals surface area contributed by atoms with Crippen LogP contribution in [0.4, 0.5) is 11.7 Å². The summed E-state index contributed by atoms with van der Waals surface area (Å²) in [5, 5.41) is 2.54. The summed E-state index contributed by atoms with van der Waals surface area (Å²) in [5.41, 5.74) is 7.60. The Morgan fingerprint density at radius 2 is 2.35 bits per heavy atom. The number of amides is 1. The van der Waals surface area contributed by atoms with Crippen molar-refractivity contribution in [2.45, 2.75) is 0 Å². The highest BCUT2D eigenvalue weighted by atomic mass is 16.4. The lowest BCUT2D eigenvalue weighted by Crippen LogP contribution is -2.33. The number of carbonyl (C=O) groups is 1. The van der Waals surface area contributed by atoms with Gasteiger partial charge in [-0.2, -0.15) is 4.98 Å². The molecule has 0 aliphatic heterocycles. The van der Waals surface area contributed by atoms with Gasteiger partial charge in [0.25, 0.3) is 6.01 Å². The predicted molar refractivity (Wildman–Crippen MR) is 65.8 cm³/mol. The Bertz CT molecular complexity index is 549. The Morgan fingerprint density at radius 3 is 3.06 bits per heavy atom. The first-order valence-electron chi connectivity index (χ1n) is 5.18.